The van der Waals surface area contributed by atoms with Crippen molar-refractivity contribution in [2.24, 2.45) is 0 Å². The topological polar surface area (TPSA) is 68.1 Å². The summed E-state index contributed by atoms with van der Waals surface area (Å²) in [4.78, 5) is 4.38. The standard InChI is InChI=1S/C13H16N4O2S/c18-20(19,16-8-4-1-5-9-16)12-10-15-17(11-12)13-6-2-3-7-14-13/h2-3,6-7,10-11H,1,4-5,8-9H2. The number of nitrogens with zero attached hydrogens (tertiary/aromatic N) is 4. The average Bonchev–Trinajstić information content (AvgIpc) is 3.00. The molecule has 2 aromatic rings. The predicted octanol–water partition coefficient (Wildman–Crippen LogP) is 1.44. The lowest BCUT2D eigenvalue weighted by molar-refractivity contribution is 0.346. The van der Waals surface area contributed by atoms with Crippen LogP contribution in [0.3, 0.4) is 0 Å². The van der Waals surface area contributed by atoms with E-state index in [2.05, 4.69) is 10.1 Å². The molecule has 0 aromatic carbocycles. The van der Waals surface area contributed by atoms with E-state index in [0.29, 0.717) is 18.9 Å². The Bertz CT molecular complexity index is 675. The maximum atomic E-state index is 12.5. The molecule has 0 radical (unpaired) electrons. The van der Waals surface area contributed by atoms with Crippen molar-refractivity contribution < 1.29 is 8.42 Å². The molecule has 2 aromatic heterocycles. The molecule has 0 atom stereocenters. The summed E-state index contributed by atoms with van der Waals surface area (Å²) in [7, 11) is -3.43. The first-order chi connectivity index (χ1) is 9.68. The van der Waals surface area contributed by atoms with Crippen molar-refractivity contribution in [2.45, 2.75) is 24.2 Å². The molecule has 1 fully saturated rings. The molecule has 0 spiro atoms. The fourth-order valence-corrected chi connectivity index (χ4v) is 3.76. The molecule has 0 saturated carbocycles. The monoisotopic (exact) mass is 292 g/mol. The summed E-state index contributed by atoms with van der Waals surface area (Å²) < 4.78 is 28.0. The highest BCUT2D eigenvalue weighted by atomic mass is 32.2. The van der Waals surface area contributed by atoms with Crippen LogP contribution in [-0.4, -0.2) is 40.6 Å². The summed E-state index contributed by atoms with van der Waals surface area (Å²) >= 11 is 0. The summed E-state index contributed by atoms with van der Waals surface area (Å²) in [5.41, 5.74) is 0. The molecule has 0 N–H and O–H groups in total. The highest BCUT2D eigenvalue weighted by Crippen LogP contribution is 2.20. The Kier molecular flexibility index (Phi) is 3.54. The van der Waals surface area contributed by atoms with Crippen LogP contribution in [0, 0.1) is 0 Å². The highest BCUT2D eigenvalue weighted by molar-refractivity contribution is 7.89. The van der Waals surface area contributed by atoms with E-state index >= 15 is 0 Å². The normalized spacial score (nSPS) is 17.2. The van der Waals surface area contributed by atoms with E-state index in [0.717, 1.165) is 19.3 Å². The second-order valence-corrected chi connectivity index (χ2v) is 6.71. The number of pyridine rings is 1. The third-order valence-corrected chi connectivity index (χ3v) is 5.25. The second kappa shape index (κ2) is 5.34. The van der Waals surface area contributed by atoms with E-state index in [1.165, 1.54) is 21.4 Å². The third-order valence-electron chi connectivity index (χ3n) is 3.40. The Morgan fingerprint density at radius 3 is 2.60 bits per heavy atom. The molecule has 0 amide bonds. The van der Waals surface area contributed by atoms with Gasteiger partial charge in [-0.3, -0.25) is 0 Å². The van der Waals surface area contributed by atoms with Gasteiger partial charge in [-0.15, -0.1) is 0 Å². The van der Waals surface area contributed by atoms with E-state index in [1.807, 2.05) is 6.07 Å². The number of piperidine rings is 1. The zero-order valence-corrected chi connectivity index (χ0v) is 11.8. The van der Waals surface area contributed by atoms with Crippen LogP contribution in [0.4, 0.5) is 0 Å². The van der Waals surface area contributed by atoms with Crippen molar-refractivity contribution >= 4 is 10.0 Å². The second-order valence-electron chi connectivity index (χ2n) is 4.77. The Labute approximate surface area is 118 Å². The van der Waals surface area contributed by atoms with Crippen LogP contribution in [0.25, 0.3) is 5.82 Å². The molecule has 1 saturated heterocycles. The quantitative estimate of drug-likeness (QED) is 0.858. The minimum absolute atomic E-state index is 0.227. The molecule has 6 nitrogen and oxygen atoms in total. The third kappa shape index (κ3) is 2.46. The zero-order chi connectivity index (χ0) is 14.0. The highest BCUT2D eigenvalue weighted by Gasteiger charge is 2.27. The van der Waals surface area contributed by atoms with Crippen LogP contribution < -0.4 is 0 Å². The molecular formula is C13H16N4O2S. The predicted molar refractivity (Wildman–Crippen MR) is 74.0 cm³/mol. The first-order valence-electron chi connectivity index (χ1n) is 6.64. The lowest BCUT2D eigenvalue weighted by Gasteiger charge is -2.25. The Morgan fingerprint density at radius 1 is 1.10 bits per heavy atom. The molecule has 0 unspecified atom stereocenters. The summed E-state index contributed by atoms with van der Waals surface area (Å²) in [6.45, 7) is 1.19. The summed E-state index contributed by atoms with van der Waals surface area (Å²) in [5.74, 6) is 0.604. The van der Waals surface area contributed by atoms with Crippen molar-refractivity contribution in [1.82, 2.24) is 19.1 Å². The fraction of sp³-hybridized carbons (Fsp3) is 0.385. The number of rotatable bonds is 3. The van der Waals surface area contributed by atoms with Crippen LogP contribution in [0.15, 0.2) is 41.7 Å². The Hall–Kier alpha value is -1.73. The van der Waals surface area contributed by atoms with Gasteiger partial charge >= 0.3 is 0 Å². The number of sulfonamides is 1. The maximum absolute atomic E-state index is 12.5. The molecule has 3 rings (SSSR count). The first-order valence-corrected chi connectivity index (χ1v) is 8.08. The number of hydrogen-bond acceptors (Lipinski definition) is 4. The summed E-state index contributed by atoms with van der Waals surface area (Å²) in [5, 5.41) is 4.10. The Balaban J connectivity index is 1.89. The molecule has 106 valence electrons. The SMILES string of the molecule is O=S(=O)(c1cnn(-c2ccccn2)c1)N1CCCCC1. The van der Waals surface area contributed by atoms with Crippen molar-refractivity contribution in [1.29, 1.82) is 0 Å². The van der Waals surface area contributed by atoms with Gasteiger partial charge in [0.1, 0.15) is 4.90 Å². The van der Waals surface area contributed by atoms with Gasteiger partial charge in [0, 0.05) is 19.3 Å². The van der Waals surface area contributed by atoms with Gasteiger partial charge in [-0.05, 0) is 25.0 Å². The van der Waals surface area contributed by atoms with Gasteiger partial charge in [0.15, 0.2) is 5.82 Å². The smallest absolute Gasteiger partial charge is 0.237 e. The molecule has 0 aliphatic carbocycles. The largest absolute Gasteiger partial charge is 0.246 e. The molecule has 1 aliphatic rings. The fourth-order valence-electron chi connectivity index (χ4n) is 2.31. The zero-order valence-electron chi connectivity index (χ0n) is 11.0. The number of aromatic nitrogens is 3. The number of hydrogen-bond donors (Lipinski definition) is 0. The van der Waals surface area contributed by atoms with E-state index in [4.69, 9.17) is 0 Å². The summed E-state index contributed by atoms with van der Waals surface area (Å²) in [6, 6.07) is 5.42. The molecular weight excluding hydrogens is 276 g/mol. The molecule has 0 bridgehead atoms. The van der Waals surface area contributed by atoms with Crippen LogP contribution >= 0.6 is 0 Å². The van der Waals surface area contributed by atoms with Crippen LogP contribution in [0.2, 0.25) is 0 Å². The lowest BCUT2D eigenvalue weighted by atomic mass is 10.2. The van der Waals surface area contributed by atoms with Crippen molar-refractivity contribution in [3.05, 3.63) is 36.8 Å². The van der Waals surface area contributed by atoms with Gasteiger partial charge in [0.25, 0.3) is 0 Å². The van der Waals surface area contributed by atoms with Gasteiger partial charge in [0.2, 0.25) is 10.0 Å². The summed E-state index contributed by atoms with van der Waals surface area (Å²) in [6.07, 6.45) is 7.50. The van der Waals surface area contributed by atoms with E-state index < -0.39 is 10.0 Å². The molecule has 3 heterocycles. The van der Waals surface area contributed by atoms with Crippen LogP contribution in [0.5, 0.6) is 0 Å². The first kappa shape index (κ1) is 13.3. The lowest BCUT2D eigenvalue weighted by Crippen LogP contribution is -2.35. The van der Waals surface area contributed by atoms with E-state index in [-0.39, 0.29) is 4.90 Å². The van der Waals surface area contributed by atoms with Crippen molar-refractivity contribution in [3.8, 4) is 5.82 Å². The average molecular weight is 292 g/mol. The van der Waals surface area contributed by atoms with Gasteiger partial charge in [-0.1, -0.05) is 12.5 Å². The van der Waals surface area contributed by atoms with Crippen LogP contribution in [0.1, 0.15) is 19.3 Å². The molecule has 7 heteroatoms. The van der Waals surface area contributed by atoms with Crippen LogP contribution in [-0.2, 0) is 10.0 Å². The minimum atomic E-state index is -3.43. The van der Waals surface area contributed by atoms with Gasteiger partial charge in [-0.25, -0.2) is 18.1 Å². The Morgan fingerprint density at radius 2 is 1.90 bits per heavy atom. The van der Waals surface area contributed by atoms with Gasteiger partial charge in [0.05, 0.1) is 12.4 Å². The minimum Gasteiger partial charge on any atom is -0.237 e. The molecule has 20 heavy (non-hydrogen) atoms. The maximum Gasteiger partial charge on any atom is 0.246 e. The van der Waals surface area contributed by atoms with Crippen molar-refractivity contribution in [3.63, 3.8) is 0 Å². The van der Waals surface area contributed by atoms with Gasteiger partial charge < -0.3 is 0 Å². The van der Waals surface area contributed by atoms with E-state index in [1.54, 1.807) is 18.3 Å². The van der Waals surface area contributed by atoms with Crippen molar-refractivity contribution in [2.75, 3.05) is 13.1 Å². The van der Waals surface area contributed by atoms with E-state index in [9.17, 15) is 8.42 Å². The van der Waals surface area contributed by atoms with Gasteiger partial charge in [-0.2, -0.15) is 9.40 Å². The molecule has 1 aliphatic heterocycles.